The number of rotatable bonds is 2. The van der Waals surface area contributed by atoms with Crippen molar-refractivity contribution in [1.29, 1.82) is 0 Å². The van der Waals surface area contributed by atoms with Crippen LogP contribution in [0.5, 0.6) is 0 Å². The first-order valence-electron chi connectivity index (χ1n) is 7.37. The van der Waals surface area contributed by atoms with Gasteiger partial charge in [0.05, 0.1) is 0 Å². The average molecular weight is 275 g/mol. The molecule has 2 unspecified atom stereocenters. The van der Waals surface area contributed by atoms with Crippen molar-refractivity contribution in [2.75, 3.05) is 6.54 Å². The van der Waals surface area contributed by atoms with Gasteiger partial charge in [-0.25, -0.2) is 0 Å². The van der Waals surface area contributed by atoms with E-state index in [1.54, 1.807) is 17.4 Å². The van der Waals surface area contributed by atoms with E-state index in [0.717, 1.165) is 17.3 Å². The predicted octanol–water partition coefficient (Wildman–Crippen LogP) is 3.94. The second-order valence-electron chi connectivity index (χ2n) is 5.63. The smallest absolute Gasteiger partial charge is 0.246 e. The summed E-state index contributed by atoms with van der Waals surface area (Å²) in [6, 6.07) is 4.59. The Bertz CT molecular complexity index is 449. The van der Waals surface area contributed by atoms with Crippen LogP contribution < -0.4 is 0 Å². The minimum Gasteiger partial charge on any atom is -0.336 e. The van der Waals surface area contributed by atoms with Gasteiger partial charge in [-0.05, 0) is 49.1 Å². The van der Waals surface area contributed by atoms with E-state index in [4.69, 9.17) is 0 Å². The summed E-state index contributed by atoms with van der Waals surface area (Å²) in [6.45, 7) is 0.953. The molecule has 2 atom stereocenters. The summed E-state index contributed by atoms with van der Waals surface area (Å²) in [4.78, 5) is 15.7. The summed E-state index contributed by atoms with van der Waals surface area (Å²) < 4.78 is 0. The summed E-state index contributed by atoms with van der Waals surface area (Å²) in [7, 11) is 0. The van der Waals surface area contributed by atoms with E-state index in [9.17, 15) is 4.79 Å². The molecule has 0 radical (unpaired) electrons. The van der Waals surface area contributed by atoms with Crippen LogP contribution in [0.4, 0.5) is 0 Å². The van der Waals surface area contributed by atoms with Crippen LogP contribution in [0.25, 0.3) is 6.08 Å². The zero-order valence-electron chi connectivity index (χ0n) is 11.3. The number of likely N-dealkylation sites (tertiary alicyclic amines) is 1. The molecule has 1 amide bonds. The van der Waals surface area contributed by atoms with Crippen LogP contribution in [0.15, 0.2) is 23.6 Å². The van der Waals surface area contributed by atoms with Gasteiger partial charge < -0.3 is 4.90 Å². The topological polar surface area (TPSA) is 20.3 Å². The summed E-state index contributed by atoms with van der Waals surface area (Å²) in [5, 5.41) is 2.04. The fourth-order valence-corrected chi connectivity index (χ4v) is 4.15. The van der Waals surface area contributed by atoms with Crippen LogP contribution in [-0.2, 0) is 4.79 Å². The molecule has 2 nitrogen and oxygen atoms in total. The Morgan fingerprint density at radius 2 is 2.11 bits per heavy atom. The lowest BCUT2D eigenvalue weighted by Crippen LogP contribution is -2.49. The molecule has 1 saturated carbocycles. The maximum Gasteiger partial charge on any atom is 0.246 e. The Kier molecular flexibility index (Phi) is 4.02. The molecule has 1 aliphatic heterocycles. The molecule has 2 heterocycles. The zero-order chi connectivity index (χ0) is 13.1. The van der Waals surface area contributed by atoms with Gasteiger partial charge in [-0.15, -0.1) is 11.3 Å². The molecule has 2 aliphatic rings. The van der Waals surface area contributed by atoms with Crippen LogP contribution in [0, 0.1) is 5.92 Å². The van der Waals surface area contributed by atoms with Gasteiger partial charge >= 0.3 is 0 Å². The lowest BCUT2D eigenvalue weighted by molar-refractivity contribution is -0.132. The molecule has 0 aromatic carbocycles. The Balaban J connectivity index is 1.68. The molecule has 1 aromatic heterocycles. The maximum atomic E-state index is 12.4. The molecule has 1 aromatic rings. The number of carbonyl (C=O) groups is 1. The fraction of sp³-hybridized carbons (Fsp3) is 0.562. The molecule has 0 bridgehead atoms. The molecule has 2 fully saturated rings. The molecule has 1 aliphatic carbocycles. The van der Waals surface area contributed by atoms with Gasteiger partial charge in [0.1, 0.15) is 0 Å². The van der Waals surface area contributed by atoms with Crippen molar-refractivity contribution in [1.82, 2.24) is 4.90 Å². The van der Waals surface area contributed by atoms with Gasteiger partial charge in [0, 0.05) is 23.5 Å². The van der Waals surface area contributed by atoms with E-state index in [1.807, 2.05) is 23.6 Å². The lowest BCUT2D eigenvalue weighted by Gasteiger charge is -2.43. The summed E-state index contributed by atoms with van der Waals surface area (Å²) in [5.74, 6) is 0.978. The van der Waals surface area contributed by atoms with E-state index < -0.39 is 0 Å². The zero-order valence-corrected chi connectivity index (χ0v) is 12.1. The number of carbonyl (C=O) groups excluding carboxylic acids is 1. The van der Waals surface area contributed by atoms with Crippen molar-refractivity contribution >= 4 is 23.3 Å². The number of hydrogen-bond donors (Lipinski definition) is 0. The van der Waals surface area contributed by atoms with E-state index in [-0.39, 0.29) is 5.91 Å². The number of piperidine rings is 1. The van der Waals surface area contributed by atoms with Crippen LogP contribution in [0.2, 0.25) is 0 Å². The third-order valence-corrected chi connectivity index (χ3v) is 5.30. The highest BCUT2D eigenvalue weighted by Gasteiger charge is 2.34. The normalized spacial score (nSPS) is 27.5. The first-order valence-corrected chi connectivity index (χ1v) is 8.25. The van der Waals surface area contributed by atoms with Crippen molar-refractivity contribution in [2.24, 2.45) is 5.92 Å². The van der Waals surface area contributed by atoms with Crippen molar-refractivity contribution < 1.29 is 4.79 Å². The van der Waals surface area contributed by atoms with Gasteiger partial charge in [0.15, 0.2) is 0 Å². The quantitative estimate of drug-likeness (QED) is 0.749. The van der Waals surface area contributed by atoms with E-state index in [1.165, 1.54) is 38.5 Å². The van der Waals surface area contributed by atoms with Crippen LogP contribution in [0.3, 0.4) is 0 Å². The van der Waals surface area contributed by atoms with Crippen molar-refractivity contribution in [3.8, 4) is 0 Å². The molecule has 3 rings (SSSR count). The predicted molar refractivity (Wildman–Crippen MR) is 80.0 cm³/mol. The SMILES string of the molecule is O=C(/C=C/c1cccs1)N1CCCC2CCCCC21. The Morgan fingerprint density at radius 1 is 1.26 bits per heavy atom. The lowest BCUT2D eigenvalue weighted by atomic mass is 9.78. The minimum absolute atomic E-state index is 0.213. The fourth-order valence-electron chi connectivity index (χ4n) is 3.53. The monoisotopic (exact) mass is 275 g/mol. The van der Waals surface area contributed by atoms with Gasteiger partial charge in [-0.3, -0.25) is 4.79 Å². The first-order chi connectivity index (χ1) is 9.34. The van der Waals surface area contributed by atoms with Gasteiger partial charge in [-0.1, -0.05) is 18.9 Å². The average Bonchev–Trinajstić information content (AvgIpc) is 2.97. The second kappa shape index (κ2) is 5.91. The molecular formula is C16H21NOS. The van der Waals surface area contributed by atoms with Gasteiger partial charge in [0.25, 0.3) is 0 Å². The largest absolute Gasteiger partial charge is 0.336 e. The van der Waals surface area contributed by atoms with Crippen LogP contribution in [-0.4, -0.2) is 23.4 Å². The molecule has 3 heteroatoms. The number of hydrogen-bond acceptors (Lipinski definition) is 2. The minimum atomic E-state index is 0.213. The maximum absolute atomic E-state index is 12.4. The van der Waals surface area contributed by atoms with E-state index in [0.29, 0.717) is 6.04 Å². The summed E-state index contributed by atoms with van der Waals surface area (Å²) in [6.07, 6.45) is 11.4. The highest BCUT2D eigenvalue weighted by molar-refractivity contribution is 7.10. The number of fused-ring (bicyclic) bond motifs is 1. The van der Waals surface area contributed by atoms with Crippen molar-refractivity contribution in [3.05, 3.63) is 28.5 Å². The Morgan fingerprint density at radius 3 is 2.95 bits per heavy atom. The summed E-state index contributed by atoms with van der Waals surface area (Å²) in [5.41, 5.74) is 0. The standard InChI is InChI=1S/C16H21NOS/c18-16(10-9-14-7-4-12-19-14)17-11-3-6-13-5-1-2-8-15(13)17/h4,7,9-10,12-13,15H,1-3,5-6,8,11H2/b10-9+. The molecule has 0 N–H and O–H groups in total. The van der Waals surface area contributed by atoms with Gasteiger partial charge in [0.2, 0.25) is 5.91 Å². The summed E-state index contributed by atoms with van der Waals surface area (Å²) >= 11 is 1.68. The number of thiophene rings is 1. The molecule has 1 saturated heterocycles. The molecule has 0 spiro atoms. The third kappa shape index (κ3) is 2.92. The van der Waals surface area contributed by atoms with E-state index in [2.05, 4.69) is 4.90 Å². The number of nitrogens with zero attached hydrogens (tertiary/aromatic N) is 1. The Hall–Kier alpha value is -1.09. The third-order valence-electron chi connectivity index (χ3n) is 4.46. The molecule has 102 valence electrons. The van der Waals surface area contributed by atoms with Crippen LogP contribution >= 0.6 is 11.3 Å². The highest BCUT2D eigenvalue weighted by Crippen LogP contribution is 2.35. The first kappa shape index (κ1) is 12.9. The molecular weight excluding hydrogens is 254 g/mol. The van der Waals surface area contributed by atoms with Crippen molar-refractivity contribution in [2.45, 2.75) is 44.6 Å². The number of amides is 1. The van der Waals surface area contributed by atoms with E-state index >= 15 is 0 Å². The highest BCUT2D eigenvalue weighted by atomic mass is 32.1. The van der Waals surface area contributed by atoms with Crippen LogP contribution in [0.1, 0.15) is 43.4 Å². The van der Waals surface area contributed by atoms with Gasteiger partial charge in [-0.2, -0.15) is 0 Å². The second-order valence-corrected chi connectivity index (χ2v) is 6.61. The Labute approximate surface area is 119 Å². The molecule has 19 heavy (non-hydrogen) atoms. The van der Waals surface area contributed by atoms with Crippen molar-refractivity contribution in [3.63, 3.8) is 0 Å².